The van der Waals surface area contributed by atoms with Crippen LogP contribution in [-0.2, 0) is 6.54 Å². The van der Waals surface area contributed by atoms with Gasteiger partial charge in [0.15, 0.2) is 0 Å². The van der Waals surface area contributed by atoms with E-state index in [-0.39, 0.29) is 11.9 Å². The largest absolute Gasteiger partial charge is 0.304 e. The highest BCUT2D eigenvalue weighted by Gasteiger charge is 2.11. The van der Waals surface area contributed by atoms with E-state index in [0.29, 0.717) is 12.1 Å². The van der Waals surface area contributed by atoms with Gasteiger partial charge < -0.3 is 5.32 Å². The van der Waals surface area contributed by atoms with Crippen molar-refractivity contribution in [1.82, 2.24) is 15.5 Å². The van der Waals surface area contributed by atoms with Crippen LogP contribution in [0.5, 0.6) is 0 Å². The maximum atomic E-state index is 13.6. The minimum absolute atomic E-state index is 0.0594. The molecule has 0 spiro atoms. The molecule has 17 heavy (non-hydrogen) atoms. The molecule has 2 aromatic rings. The minimum atomic E-state index is -0.196. The zero-order chi connectivity index (χ0) is 12.3. The third kappa shape index (κ3) is 3.14. The fourth-order valence-corrected chi connectivity index (χ4v) is 1.98. The fraction of sp³-hybridized carbons (Fsp3) is 0.250. The van der Waals surface area contributed by atoms with Gasteiger partial charge in [0.25, 0.3) is 0 Å². The zero-order valence-corrected chi connectivity index (χ0v) is 11.0. The molecule has 0 bridgehead atoms. The van der Waals surface area contributed by atoms with Gasteiger partial charge in [-0.2, -0.15) is 5.10 Å². The third-order valence-electron chi connectivity index (χ3n) is 2.58. The Kier molecular flexibility index (Phi) is 3.91. The predicted octanol–water partition coefficient (Wildman–Crippen LogP) is 3.16. The van der Waals surface area contributed by atoms with E-state index in [9.17, 15) is 4.39 Å². The number of hydrogen-bond donors (Lipinski definition) is 2. The molecule has 1 heterocycles. The second kappa shape index (κ2) is 5.42. The van der Waals surface area contributed by atoms with E-state index in [1.165, 1.54) is 6.07 Å². The van der Waals surface area contributed by atoms with Crippen molar-refractivity contribution in [2.75, 3.05) is 0 Å². The lowest BCUT2D eigenvalue weighted by molar-refractivity contribution is 0.524. The van der Waals surface area contributed by atoms with E-state index < -0.39 is 0 Å². The molecule has 0 fully saturated rings. The molecule has 5 heteroatoms. The number of nitrogens with one attached hydrogen (secondary N) is 2. The first-order valence-corrected chi connectivity index (χ1v) is 6.12. The summed E-state index contributed by atoms with van der Waals surface area (Å²) in [4.78, 5) is 0. The van der Waals surface area contributed by atoms with Gasteiger partial charge in [0.1, 0.15) is 5.82 Å². The minimum Gasteiger partial charge on any atom is -0.304 e. The van der Waals surface area contributed by atoms with Gasteiger partial charge in [-0.25, -0.2) is 4.39 Å². The van der Waals surface area contributed by atoms with Gasteiger partial charge in [-0.1, -0.05) is 15.9 Å². The number of aromatic amines is 1. The lowest BCUT2D eigenvalue weighted by Crippen LogP contribution is -2.19. The van der Waals surface area contributed by atoms with Crippen molar-refractivity contribution in [2.45, 2.75) is 19.5 Å². The Bertz CT molecular complexity index is 485. The molecule has 1 atom stereocenters. The quantitative estimate of drug-likeness (QED) is 0.910. The Hall–Kier alpha value is -1.20. The Labute approximate surface area is 108 Å². The molecule has 0 aliphatic heterocycles. The Balaban J connectivity index is 2.04. The molecular weight excluding hydrogens is 285 g/mol. The molecule has 3 nitrogen and oxygen atoms in total. The maximum absolute atomic E-state index is 13.6. The van der Waals surface area contributed by atoms with Gasteiger partial charge >= 0.3 is 0 Å². The number of aromatic nitrogens is 2. The van der Waals surface area contributed by atoms with Crippen molar-refractivity contribution < 1.29 is 4.39 Å². The summed E-state index contributed by atoms with van der Waals surface area (Å²) in [5, 5.41) is 9.95. The van der Waals surface area contributed by atoms with Crippen LogP contribution in [0.15, 0.2) is 34.9 Å². The number of benzene rings is 1. The van der Waals surface area contributed by atoms with Crippen molar-refractivity contribution in [1.29, 1.82) is 0 Å². The third-order valence-corrected chi connectivity index (χ3v) is 3.07. The number of rotatable bonds is 4. The van der Waals surface area contributed by atoms with Crippen LogP contribution in [0.1, 0.15) is 24.2 Å². The number of nitrogens with zero attached hydrogens (tertiary/aromatic N) is 1. The van der Waals surface area contributed by atoms with Gasteiger partial charge in [-0.15, -0.1) is 0 Å². The topological polar surface area (TPSA) is 40.7 Å². The molecule has 0 aliphatic carbocycles. The predicted molar refractivity (Wildman–Crippen MR) is 67.9 cm³/mol. The van der Waals surface area contributed by atoms with E-state index in [2.05, 4.69) is 31.4 Å². The van der Waals surface area contributed by atoms with E-state index in [4.69, 9.17) is 0 Å². The van der Waals surface area contributed by atoms with E-state index in [1.807, 2.05) is 13.0 Å². The van der Waals surface area contributed by atoms with Crippen LogP contribution in [0.2, 0.25) is 0 Å². The highest BCUT2D eigenvalue weighted by atomic mass is 79.9. The van der Waals surface area contributed by atoms with Gasteiger partial charge in [0.2, 0.25) is 0 Å². The van der Waals surface area contributed by atoms with Crippen molar-refractivity contribution in [3.05, 3.63) is 52.0 Å². The van der Waals surface area contributed by atoms with Gasteiger partial charge in [0.05, 0.1) is 0 Å². The average Bonchev–Trinajstić information content (AvgIpc) is 2.82. The molecular formula is C12H13BrFN3. The van der Waals surface area contributed by atoms with Crippen LogP contribution in [0.4, 0.5) is 4.39 Å². The molecule has 90 valence electrons. The van der Waals surface area contributed by atoms with Crippen LogP contribution in [0.25, 0.3) is 0 Å². The van der Waals surface area contributed by atoms with Crippen molar-refractivity contribution >= 4 is 15.9 Å². The summed E-state index contributed by atoms with van der Waals surface area (Å²) in [6.45, 7) is 2.56. The SMILES string of the molecule is CC(NCc1ccn[nH]1)c1cc(Br)ccc1F. The summed E-state index contributed by atoms with van der Waals surface area (Å²) in [6, 6.07) is 6.78. The second-order valence-corrected chi connectivity index (χ2v) is 4.77. The Morgan fingerprint density at radius 3 is 3.00 bits per heavy atom. The van der Waals surface area contributed by atoms with Crippen LogP contribution < -0.4 is 5.32 Å². The lowest BCUT2D eigenvalue weighted by Gasteiger charge is -2.14. The average molecular weight is 298 g/mol. The van der Waals surface area contributed by atoms with Crippen LogP contribution >= 0.6 is 15.9 Å². The Morgan fingerprint density at radius 1 is 1.47 bits per heavy atom. The highest BCUT2D eigenvalue weighted by molar-refractivity contribution is 9.10. The molecule has 0 saturated carbocycles. The first-order chi connectivity index (χ1) is 8.16. The smallest absolute Gasteiger partial charge is 0.128 e. The Morgan fingerprint density at radius 2 is 2.29 bits per heavy atom. The van der Waals surface area contributed by atoms with Crippen LogP contribution in [-0.4, -0.2) is 10.2 Å². The maximum Gasteiger partial charge on any atom is 0.128 e. The number of halogens is 2. The summed E-state index contributed by atoms with van der Waals surface area (Å²) in [6.07, 6.45) is 1.70. The standard InChI is InChI=1S/C12H13BrFN3/c1-8(15-7-10-4-5-16-17-10)11-6-9(13)2-3-12(11)14/h2-6,8,15H,7H2,1H3,(H,16,17). The number of hydrogen-bond acceptors (Lipinski definition) is 2. The molecule has 2 rings (SSSR count). The second-order valence-electron chi connectivity index (χ2n) is 3.85. The van der Waals surface area contributed by atoms with Crippen molar-refractivity contribution in [3.63, 3.8) is 0 Å². The van der Waals surface area contributed by atoms with Crippen molar-refractivity contribution in [2.24, 2.45) is 0 Å². The monoisotopic (exact) mass is 297 g/mol. The lowest BCUT2D eigenvalue weighted by atomic mass is 10.1. The number of H-pyrrole nitrogens is 1. The summed E-state index contributed by atoms with van der Waals surface area (Å²) in [5.74, 6) is -0.196. The molecule has 0 radical (unpaired) electrons. The van der Waals surface area contributed by atoms with Gasteiger partial charge in [0, 0.05) is 34.5 Å². The highest BCUT2D eigenvalue weighted by Crippen LogP contribution is 2.21. The van der Waals surface area contributed by atoms with E-state index >= 15 is 0 Å². The van der Waals surface area contributed by atoms with E-state index in [1.54, 1.807) is 18.3 Å². The molecule has 1 aromatic carbocycles. The normalized spacial score (nSPS) is 12.6. The summed E-state index contributed by atoms with van der Waals surface area (Å²) in [5.41, 5.74) is 1.63. The zero-order valence-electron chi connectivity index (χ0n) is 9.37. The molecule has 1 unspecified atom stereocenters. The van der Waals surface area contributed by atoms with Crippen molar-refractivity contribution in [3.8, 4) is 0 Å². The van der Waals surface area contributed by atoms with Crippen LogP contribution in [0.3, 0.4) is 0 Å². The molecule has 2 N–H and O–H groups in total. The first kappa shape index (κ1) is 12.3. The first-order valence-electron chi connectivity index (χ1n) is 5.33. The molecule has 0 saturated heterocycles. The van der Waals surface area contributed by atoms with Gasteiger partial charge in [-0.3, -0.25) is 5.10 Å². The fourth-order valence-electron chi connectivity index (χ4n) is 1.60. The summed E-state index contributed by atoms with van der Waals surface area (Å²) in [7, 11) is 0. The molecule has 0 aliphatic rings. The summed E-state index contributed by atoms with van der Waals surface area (Å²) >= 11 is 3.34. The summed E-state index contributed by atoms with van der Waals surface area (Å²) < 4.78 is 14.5. The van der Waals surface area contributed by atoms with Crippen LogP contribution in [0, 0.1) is 5.82 Å². The molecule has 1 aromatic heterocycles. The molecule has 0 amide bonds. The van der Waals surface area contributed by atoms with E-state index in [0.717, 1.165) is 10.2 Å². The van der Waals surface area contributed by atoms with Gasteiger partial charge in [-0.05, 0) is 31.2 Å².